The molecule has 0 bridgehead atoms. The smallest absolute Gasteiger partial charge is 0.162 e. The fraction of sp³-hybridized carbons (Fsp3) is 0.333. The Kier molecular flexibility index (Phi) is 5.95. The molecule has 1 aliphatic heterocycles. The van der Waals surface area contributed by atoms with Gasteiger partial charge < -0.3 is 19.5 Å². The second-order valence-electron chi connectivity index (χ2n) is 7.80. The minimum atomic E-state index is 0.0872. The molecule has 0 unspecified atom stereocenters. The van der Waals surface area contributed by atoms with Crippen LogP contribution in [0.1, 0.15) is 21.5 Å². The molecule has 0 atom stereocenters. The molecule has 1 N–H and O–H groups in total. The van der Waals surface area contributed by atoms with Crippen LogP contribution in [0.3, 0.4) is 0 Å². The standard InChI is InChI=1S/C24H27N3O4/c1-16-10-17(24(29)18(11-16)15-28)14-26-6-8-27(9-7-26)21-4-5-25-20-13-23(31-3)22(30-2)12-19(20)21/h4-5,10-13,15,29H,6-9,14H2,1-3H3. The lowest BCUT2D eigenvalue weighted by molar-refractivity contribution is 0.112. The van der Waals surface area contributed by atoms with Crippen LogP contribution in [-0.4, -0.2) is 61.7 Å². The zero-order chi connectivity index (χ0) is 22.0. The zero-order valence-corrected chi connectivity index (χ0v) is 18.1. The van der Waals surface area contributed by atoms with E-state index in [1.165, 1.54) is 0 Å². The maximum atomic E-state index is 11.2. The van der Waals surface area contributed by atoms with Crippen molar-refractivity contribution in [3.05, 3.63) is 53.2 Å². The highest BCUT2D eigenvalue weighted by Crippen LogP contribution is 2.36. The number of nitrogens with zero attached hydrogens (tertiary/aromatic N) is 3. The summed E-state index contributed by atoms with van der Waals surface area (Å²) < 4.78 is 10.9. The van der Waals surface area contributed by atoms with Crippen molar-refractivity contribution in [2.24, 2.45) is 0 Å². The van der Waals surface area contributed by atoms with Crippen LogP contribution in [0, 0.1) is 6.92 Å². The molecule has 7 heteroatoms. The van der Waals surface area contributed by atoms with Gasteiger partial charge in [-0.25, -0.2) is 0 Å². The molecule has 7 nitrogen and oxygen atoms in total. The van der Waals surface area contributed by atoms with Gasteiger partial charge in [-0.2, -0.15) is 0 Å². The number of carbonyl (C=O) groups is 1. The number of hydrogen-bond acceptors (Lipinski definition) is 7. The number of fused-ring (bicyclic) bond motifs is 1. The van der Waals surface area contributed by atoms with Crippen LogP contribution in [0.5, 0.6) is 17.2 Å². The minimum Gasteiger partial charge on any atom is -0.507 e. The second kappa shape index (κ2) is 8.81. The van der Waals surface area contributed by atoms with E-state index in [-0.39, 0.29) is 5.75 Å². The molecule has 0 amide bonds. The van der Waals surface area contributed by atoms with Gasteiger partial charge in [0.1, 0.15) is 5.75 Å². The minimum absolute atomic E-state index is 0.0872. The summed E-state index contributed by atoms with van der Waals surface area (Å²) in [7, 11) is 3.26. The maximum absolute atomic E-state index is 11.2. The first-order valence-corrected chi connectivity index (χ1v) is 10.3. The molecule has 0 saturated carbocycles. The van der Waals surface area contributed by atoms with Crippen LogP contribution in [-0.2, 0) is 6.54 Å². The average molecular weight is 421 g/mol. The van der Waals surface area contributed by atoms with E-state index in [0.717, 1.165) is 53.9 Å². The average Bonchev–Trinajstić information content (AvgIpc) is 2.80. The van der Waals surface area contributed by atoms with Crippen molar-refractivity contribution in [3.8, 4) is 17.2 Å². The Morgan fingerprint density at radius 3 is 2.45 bits per heavy atom. The van der Waals surface area contributed by atoms with Crippen LogP contribution in [0.2, 0.25) is 0 Å². The maximum Gasteiger partial charge on any atom is 0.162 e. The Labute approximate surface area is 181 Å². The summed E-state index contributed by atoms with van der Waals surface area (Å²) in [6.07, 6.45) is 2.53. The molecule has 4 rings (SSSR count). The zero-order valence-electron chi connectivity index (χ0n) is 18.1. The fourth-order valence-electron chi connectivity index (χ4n) is 4.22. The van der Waals surface area contributed by atoms with Crippen molar-refractivity contribution < 1.29 is 19.4 Å². The predicted molar refractivity (Wildman–Crippen MR) is 121 cm³/mol. The molecule has 1 aliphatic rings. The quantitative estimate of drug-likeness (QED) is 0.612. The number of pyridine rings is 1. The number of hydrogen-bond donors (Lipinski definition) is 1. The van der Waals surface area contributed by atoms with Crippen molar-refractivity contribution in [1.29, 1.82) is 0 Å². The molecule has 162 valence electrons. The van der Waals surface area contributed by atoms with Crippen LogP contribution in [0.4, 0.5) is 5.69 Å². The van der Waals surface area contributed by atoms with E-state index in [0.29, 0.717) is 29.9 Å². The number of aryl methyl sites for hydroxylation is 1. The van der Waals surface area contributed by atoms with Gasteiger partial charge in [0.05, 0.1) is 25.3 Å². The summed E-state index contributed by atoms with van der Waals surface area (Å²) in [5.41, 5.74) is 4.10. The molecule has 31 heavy (non-hydrogen) atoms. The Bertz CT molecular complexity index is 1110. The van der Waals surface area contributed by atoms with Crippen LogP contribution < -0.4 is 14.4 Å². The van der Waals surface area contributed by atoms with Gasteiger partial charge in [-0.15, -0.1) is 0 Å². The third-order valence-corrected chi connectivity index (χ3v) is 5.82. The summed E-state index contributed by atoms with van der Waals surface area (Å²) >= 11 is 0. The van der Waals surface area contributed by atoms with Gasteiger partial charge in [-0.1, -0.05) is 6.07 Å². The first-order valence-electron chi connectivity index (χ1n) is 10.3. The molecular weight excluding hydrogens is 394 g/mol. The number of phenols is 1. The normalized spacial score (nSPS) is 14.6. The van der Waals surface area contributed by atoms with E-state index >= 15 is 0 Å². The Morgan fingerprint density at radius 2 is 1.77 bits per heavy atom. The van der Waals surface area contributed by atoms with Gasteiger partial charge in [0.25, 0.3) is 0 Å². The second-order valence-corrected chi connectivity index (χ2v) is 7.80. The Hall–Kier alpha value is -3.32. The van der Waals surface area contributed by atoms with E-state index in [9.17, 15) is 9.90 Å². The van der Waals surface area contributed by atoms with Crippen molar-refractivity contribution in [2.45, 2.75) is 13.5 Å². The molecular formula is C24H27N3O4. The van der Waals surface area contributed by atoms with E-state index in [2.05, 4.69) is 14.8 Å². The topological polar surface area (TPSA) is 75.1 Å². The number of phenolic OH excluding ortho intramolecular Hbond substituents is 1. The highest BCUT2D eigenvalue weighted by atomic mass is 16.5. The number of aromatic nitrogens is 1. The number of ether oxygens (including phenoxy) is 2. The predicted octanol–water partition coefficient (Wildman–Crippen LogP) is 3.40. The van der Waals surface area contributed by atoms with Gasteiger partial charge in [-0.05, 0) is 30.7 Å². The van der Waals surface area contributed by atoms with E-state index in [4.69, 9.17) is 9.47 Å². The number of benzene rings is 2. The Balaban J connectivity index is 1.52. The van der Waals surface area contributed by atoms with Crippen molar-refractivity contribution >= 4 is 22.9 Å². The molecule has 1 aromatic heterocycles. The summed E-state index contributed by atoms with van der Waals surface area (Å²) in [5.74, 6) is 1.44. The highest BCUT2D eigenvalue weighted by Gasteiger charge is 2.21. The fourth-order valence-corrected chi connectivity index (χ4v) is 4.22. The molecule has 0 radical (unpaired) electrons. The third kappa shape index (κ3) is 4.14. The largest absolute Gasteiger partial charge is 0.507 e. The highest BCUT2D eigenvalue weighted by molar-refractivity contribution is 5.94. The van der Waals surface area contributed by atoms with E-state index in [1.807, 2.05) is 37.4 Å². The number of methoxy groups -OCH3 is 2. The van der Waals surface area contributed by atoms with Gasteiger partial charge >= 0.3 is 0 Å². The Morgan fingerprint density at radius 1 is 1.06 bits per heavy atom. The summed E-state index contributed by atoms with van der Waals surface area (Å²) in [6.45, 7) is 5.94. The molecule has 0 spiro atoms. The number of aldehydes is 1. The summed E-state index contributed by atoms with van der Waals surface area (Å²) in [5, 5.41) is 11.4. The lowest BCUT2D eigenvalue weighted by Crippen LogP contribution is -2.46. The molecule has 1 fully saturated rings. The monoisotopic (exact) mass is 421 g/mol. The number of aromatic hydroxyl groups is 1. The van der Waals surface area contributed by atoms with Crippen molar-refractivity contribution in [2.75, 3.05) is 45.3 Å². The molecule has 2 aromatic carbocycles. The lowest BCUT2D eigenvalue weighted by atomic mass is 10.0. The first-order chi connectivity index (χ1) is 15.0. The van der Waals surface area contributed by atoms with Gasteiger partial charge in [0, 0.05) is 61.6 Å². The van der Waals surface area contributed by atoms with Gasteiger partial charge in [-0.3, -0.25) is 14.7 Å². The number of carbonyl (C=O) groups excluding carboxylic acids is 1. The summed E-state index contributed by atoms with van der Waals surface area (Å²) in [4.78, 5) is 20.4. The van der Waals surface area contributed by atoms with Gasteiger partial charge in [0.2, 0.25) is 0 Å². The lowest BCUT2D eigenvalue weighted by Gasteiger charge is -2.36. The van der Waals surface area contributed by atoms with Gasteiger partial charge in [0.15, 0.2) is 17.8 Å². The molecule has 1 saturated heterocycles. The van der Waals surface area contributed by atoms with Crippen molar-refractivity contribution in [1.82, 2.24) is 9.88 Å². The SMILES string of the molecule is COc1cc2nccc(N3CCN(Cc4cc(C)cc(C=O)c4O)CC3)c2cc1OC. The third-order valence-electron chi connectivity index (χ3n) is 5.82. The summed E-state index contributed by atoms with van der Waals surface area (Å²) in [6, 6.07) is 9.58. The van der Waals surface area contributed by atoms with Crippen LogP contribution >= 0.6 is 0 Å². The molecule has 3 aromatic rings. The van der Waals surface area contributed by atoms with E-state index in [1.54, 1.807) is 20.3 Å². The molecule has 0 aliphatic carbocycles. The van der Waals surface area contributed by atoms with E-state index < -0.39 is 0 Å². The van der Waals surface area contributed by atoms with Crippen LogP contribution in [0.15, 0.2) is 36.5 Å². The number of anilines is 1. The van der Waals surface area contributed by atoms with Crippen LogP contribution in [0.25, 0.3) is 10.9 Å². The first kappa shape index (κ1) is 20.9. The molecule has 2 heterocycles. The number of rotatable bonds is 6. The number of piperazine rings is 1. The van der Waals surface area contributed by atoms with Crippen molar-refractivity contribution in [3.63, 3.8) is 0 Å².